The van der Waals surface area contributed by atoms with Crippen LogP contribution in [-0.2, 0) is 20.1 Å². The van der Waals surface area contributed by atoms with Gasteiger partial charge in [-0.25, -0.2) is 9.98 Å². The van der Waals surface area contributed by atoms with E-state index in [0.717, 1.165) is 29.6 Å². The second kappa shape index (κ2) is 11.5. The van der Waals surface area contributed by atoms with Crippen molar-refractivity contribution in [2.75, 3.05) is 20.2 Å². The van der Waals surface area contributed by atoms with Crippen molar-refractivity contribution >= 4 is 29.9 Å². The van der Waals surface area contributed by atoms with Crippen molar-refractivity contribution in [3.63, 3.8) is 0 Å². The average Bonchev–Trinajstić information content (AvgIpc) is 3.02. The van der Waals surface area contributed by atoms with Crippen LogP contribution in [0, 0.1) is 0 Å². The summed E-state index contributed by atoms with van der Waals surface area (Å²) < 4.78 is 7.46. The normalized spacial score (nSPS) is 10.8. The smallest absolute Gasteiger partial charge is 0.194 e. The molecule has 0 bridgehead atoms. The number of rotatable bonds is 8. The van der Waals surface area contributed by atoms with Gasteiger partial charge in [0.1, 0.15) is 24.5 Å². The standard InChI is InChI=1S/C18H26N6O.HI/c1-5-11-25-16-10-8-7-9-15(16)12-20-18(19-6-2)23(3)13-17-21-14-22-24(17)4;/h5,7-10,14H,1,6,11-13H2,2-4H3,(H,19,20);1H. The molecule has 1 aromatic carbocycles. The minimum Gasteiger partial charge on any atom is -0.489 e. The van der Waals surface area contributed by atoms with Gasteiger partial charge in [0.05, 0.1) is 13.1 Å². The molecule has 2 aromatic rings. The van der Waals surface area contributed by atoms with Gasteiger partial charge in [0.15, 0.2) is 5.96 Å². The van der Waals surface area contributed by atoms with Gasteiger partial charge in [-0.05, 0) is 13.0 Å². The molecule has 8 heteroatoms. The molecule has 0 saturated carbocycles. The van der Waals surface area contributed by atoms with E-state index in [1.165, 1.54) is 0 Å². The molecule has 0 unspecified atom stereocenters. The number of ether oxygens (including phenoxy) is 1. The molecule has 0 spiro atoms. The first-order chi connectivity index (χ1) is 12.2. The summed E-state index contributed by atoms with van der Waals surface area (Å²) in [5.74, 6) is 2.52. The summed E-state index contributed by atoms with van der Waals surface area (Å²) in [5.41, 5.74) is 1.03. The van der Waals surface area contributed by atoms with E-state index in [4.69, 9.17) is 9.73 Å². The quantitative estimate of drug-likeness (QED) is 0.278. The predicted octanol–water partition coefficient (Wildman–Crippen LogP) is 2.60. The highest BCUT2D eigenvalue weighted by Crippen LogP contribution is 2.19. The number of nitrogens with one attached hydrogen (secondary N) is 1. The number of hydrogen-bond donors (Lipinski definition) is 1. The Morgan fingerprint density at radius 3 is 2.85 bits per heavy atom. The highest BCUT2D eigenvalue weighted by molar-refractivity contribution is 14.0. The number of aryl methyl sites for hydroxylation is 1. The SMILES string of the molecule is C=CCOc1ccccc1CN=C(NCC)N(C)Cc1ncnn1C.I. The zero-order valence-electron chi connectivity index (χ0n) is 15.6. The molecular weight excluding hydrogens is 443 g/mol. The molecule has 142 valence electrons. The van der Waals surface area contributed by atoms with E-state index in [1.807, 2.05) is 50.2 Å². The van der Waals surface area contributed by atoms with Gasteiger partial charge in [0.2, 0.25) is 0 Å². The molecule has 26 heavy (non-hydrogen) atoms. The van der Waals surface area contributed by atoms with Crippen LogP contribution in [0.15, 0.2) is 48.2 Å². The van der Waals surface area contributed by atoms with E-state index in [-0.39, 0.29) is 24.0 Å². The Morgan fingerprint density at radius 2 is 2.19 bits per heavy atom. The van der Waals surface area contributed by atoms with Gasteiger partial charge in [-0.2, -0.15) is 5.10 Å². The fourth-order valence-corrected chi connectivity index (χ4v) is 2.30. The number of halogens is 1. The summed E-state index contributed by atoms with van der Waals surface area (Å²) in [5, 5.41) is 7.41. The van der Waals surface area contributed by atoms with E-state index >= 15 is 0 Å². The molecule has 1 N–H and O–H groups in total. The van der Waals surface area contributed by atoms with E-state index in [0.29, 0.717) is 19.7 Å². The van der Waals surface area contributed by atoms with Crippen molar-refractivity contribution in [1.29, 1.82) is 0 Å². The summed E-state index contributed by atoms with van der Waals surface area (Å²) in [6.45, 7) is 8.15. The summed E-state index contributed by atoms with van der Waals surface area (Å²) in [6.07, 6.45) is 3.29. The topological polar surface area (TPSA) is 67.6 Å². The lowest BCUT2D eigenvalue weighted by molar-refractivity contribution is 0.359. The highest BCUT2D eigenvalue weighted by Gasteiger charge is 2.10. The lowest BCUT2D eigenvalue weighted by atomic mass is 10.2. The molecule has 1 aromatic heterocycles. The summed E-state index contributed by atoms with van der Waals surface area (Å²) in [6, 6.07) is 7.91. The Labute approximate surface area is 172 Å². The first-order valence-corrected chi connectivity index (χ1v) is 8.29. The van der Waals surface area contributed by atoms with Crippen molar-refractivity contribution in [1.82, 2.24) is 25.0 Å². The van der Waals surface area contributed by atoms with E-state index in [1.54, 1.807) is 17.1 Å². The van der Waals surface area contributed by atoms with Crippen molar-refractivity contribution in [3.05, 3.63) is 54.6 Å². The summed E-state index contributed by atoms with van der Waals surface area (Å²) in [7, 11) is 3.86. The maximum absolute atomic E-state index is 5.70. The third kappa shape index (κ3) is 6.32. The number of para-hydroxylation sites is 1. The molecule has 0 aliphatic carbocycles. The van der Waals surface area contributed by atoms with Gasteiger partial charge in [-0.1, -0.05) is 30.9 Å². The van der Waals surface area contributed by atoms with Crippen LogP contribution in [0.3, 0.4) is 0 Å². The lowest BCUT2D eigenvalue weighted by Gasteiger charge is -2.21. The van der Waals surface area contributed by atoms with Gasteiger partial charge in [-0.3, -0.25) is 4.68 Å². The molecule has 0 aliphatic heterocycles. The van der Waals surface area contributed by atoms with E-state index in [9.17, 15) is 0 Å². The Morgan fingerprint density at radius 1 is 1.42 bits per heavy atom. The lowest BCUT2D eigenvalue weighted by Crippen LogP contribution is -2.39. The molecule has 0 radical (unpaired) electrons. The fraction of sp³-hybridized carbons (Fsp3) is 0.389. The highest BCUT2D eigenvalue weighted by atomic mass is 127. The molecular formula is C18H27IN6O. The Balaban J connectivity index is 0.00000338. The second-order valence-electron chi connectivity index (χ2n) is 5.53. The number of benzene rings is 1. The van der Waals surface area contributed by atoms with Gasteiger partial charge in [0, 0.05) is 26.2 Å². The fourth-order valence-electron chi connectivity index (χ4n) is 2.30. The predicted molar refractivity (Wildman–Crippen MR) is 115 cm³/mol. The molecule has 2 rings (SSSR count). The third-order valence-electron chi connectivity index (χ3n) is 3.61. The van der Waals surface area contributed by atoms with Crippen LogP contribution in [-0.4, -0.2) is 45.8 Å². The third-order valence-corrected chi connectivity index (χ3v) is 3.61. The van der Waals surface area contributed by atoms with Crippen LogP contribution in [0.1, 0.15) is 18.3 Å². The van der Waals surface area contributed by atoms with Crippen molar-refractivity contribution in [3.8, 4) is 5.75 Å². The zero-order chi connectivity index (χ0) is 18.1. The van der Waals surface area contributed by atoms with Crippen molar-refractivity contribution in [2.45, 2.75) is 20.0 Å². The maximum atomic E-state index is 5.70. The minimum absolute atomic E-state index is 0. The molecule has 0 aliphatic rings. The number of guanidine groups is 1. The van der Waals surface area contributed by atoms with Crippen LogP contribution in [0.5, 0.6) is 5.75 Å². The maximum Gasteiger partial charge on any atom is 0.194 e. The number of nitrogens with zero attached hydrogens (tertiary/aromatic N) is 5. The minimum atomic E-state index is 0. The molecule has 0 saturated heterocycles. The van der Waals surface area contributed by atoms with Crippen molar-refractivity contribution in [2.24, 2.45) is 12.0 Å². The second-order valence-corrected chi connectivity index (χ2v) is 5.53. The first kappa shape index (κ1) is 21.9. The molecule has 0 fully saturated rings. The van der Waals surface area contributed by atoms with Crippen LogP contribution < -0.4 is 10.1 Å². The van der Waals surface area contributed by atoms with Crippen LogP contribution >= 0.6 is 24.0 Å². The van der Waals surface area contributed by atoms with Crippen LogP contribution in [0.25, 0.3) is 0 Å². The summed E-state index contributed by atoms with van der Waals surface area (Å²) in [4.78, 5) is 11.0. The zero-order valence-corrected chi connectivity index (χ0v) is 17.9. The number of aromatic nitrogens is 3. The number of hydrogen-bond acceptors (Lipinski definition) is 4. The monoisotopic (exact) mass is 470 g/mol. The van der Waals surface area contributed by atoms with Gasteiger partial charge < -0.3 is 15.0 Å². The largest absolute Gasteiger partial charge is 0.489 e. The molecule has 0 amide bonds. The molecule has 7 nitrogen and oxygen atoms in total. The average molecular weight is 470 g/mol. The molecule has 0 atom stereocenters. The van der Waals surface area contributed by atoms with Gasteiger partial charge in [-0.15, -0.1) is 24.0 Å². The Kier molecular flexibility index (Phi) is 9.71. The summed E-state index contributed by atoms with van der Waals surface area (Å²) >= 11 is 0. The van der Waals surface area contributed by atoms with Crippen LogP contribution in [0.2, 0.25) is 0 Å². The van der Waals surface area contributed by atoms with Gasteiger partial charge in [0.25, 0.3) is 0 Å². The Hall–Kier alpha value is -2.10. The Bertz CT molecular complexity index is 715. The first-order valence-electron chi connectivity index (χ1n) is 8.29. The molecule has 1 heterocycles. The van der Waals surface area contributed by atoms with Crippen LogP contribution in [0.4, 0.5) is 0 Å². The van der Waals surface area contributed by atoms with Gasteiger partial charge >= 0.3 is 0 Å². The van der Waals surface area contributed by atoms with E-state index < -0.39 is 0 Å². The number of aliphatic imine (C=N–C) groups is 1. The van der Waals surface area contributed by atoms with Crippen molar-refractivity contribution < 1.29 is 4.74 Å². The van der Waals surface area contributed by atoms with E-state index in [2.05, 4.69) is 22.0 Å².